The van der Waals surface area contributed by atoms with E-state index < -0.39 is 10.0 Å². The standard InChI is InChI=1S/C14H20N2O4S/c1-9-5-12-13(20-8-19-12)7-14(9)21(17,18)16-11-3-4-15-10(2)6-11/h5,7,10-11,15-16H,3-4,6,8H2,1-2H3. The quantitative estimate of drug-likeness (QED) is 0.875. The molecule has 116 valence electrons. The highest BCUT2D eigenvalue weighted by molar-refractivity contribution is 7.89. The van der Waals surface area contributed by atoms with Crippen molar-refractivity contribution in [1.82, 2.24) is 10.0 Å². The van der Waals surface area contributed by atoms with Crippen molar-refractivity contribution in [2.75, 3.05) is 13.3 Å². The molecule has 0 bridgehead atoms. The van der Waals surface area contributed by atoms with Crippen LogP contribution in [0.25, 0.3) is 0 Å². The average Bonchev–Trinajstić information content (AvgIpc) is 2.84. The number of sulfonamides is 1. The summed E-state index contributed by atoms with van der Waals surface area (Å²) in [6, 6.07) is 3.55. The first kappa shape index (κ1) is 14.6. The minimum Gasteiger partial charge on any atom is -0.454 e. The predicted molar refractivity (Wildman–Crippen MR) is 78.1 cm³/mol. The van der Waals surface area contributed by atoms with Crippen molar-refractivity contribution in [1.29, 1.82) is 0 Å². The third-order valence-corrected chi connectivity index (χ3v) is 5.57. The van der Waals surface area contributed by atoms with Crippen LogP contribution in [0.1, 0.15) is 25.3 Å². The van der Waals surface area contributed by atoms with Gasteiger partial charge in [0.25, 0.3) is 0 Å². The molecule has 0 aliphatic carbocycles. The second-order valence-corrected chi connectivity index (χ2v) is 7.35. The maximum Gasteiger partial charge on any atom is 0.241 e. The summed E-state index contributed by atoms with van der Waals surface area (Å²) in [7, 11) is -3.55. The zero-order valence-corrected chi connectivity index (χ0v) is 13.0. The summed E-state index contributed by atoms with van der Waals surface area (Å²) < 4.78 is 38.5. The lowest BCUT2D eigenvalue weighted by molar-refractivity contribution is 0.174. The summed E-state index contributed by atoms with van der Waals surface area (Å²) >= 11 is 0. The fourth-order valence-electron chi connectivity index (χ4n) is 2.84. The normalized spacial score (nSPS) is 25.0. The van der Waals surface area contributed by atoms with Crippen LogP contribution < -0.4 is 19.5 Å². The fraction of sp³-hybridized carbons (Fsp3) is 0.571. The largest absolute Gasteiger partial charge is 0.454 e. The highest BCUT2D eigenvalue weighted by Crippen LogP contribution is 2.36. The van der Waals surface area contributed by atoms with Gasteiger partial charge in [-0.05, 0) is 44.9 Å². The van der Waals surface area contributed by atoms with E-state index in [4.69, 9.17) is 9.47 Å². The zero-order chi connectivity index (χ0) is 15.0. The van der Waals surface area contributed by atoms with Crippen molar-refractivity contribution in [3.05, 3.63) is 17.7 Å². The molecule has 0 saturated carbocycles. The maximum atomic E-state index is 12.6. The topological polar surface area (TPSA) is 76.7 Å². The molecule has 0 amide bonds. The van der Waals surface area contributed by atoms with E-state index in [1.54, 1.807) is 19.1 Å². The molecule has 3 rings (SSSR count). The summed E-state index contributed by atoms with van der Waals surface area (Å²) in [5.74, 6) is 1.08. The number of rotatable bonds is 3. The van der Waals surface area contributed by atoms with E-state index in [0.29, 0.717) is 23.1 Å². The number of fused-ring (bicyclic) bond motifs is 1. The second kappa shape index (κ2) is 5.47. The Labute approximate surface area is 124 Å². The molecule has 0 aromatic heterocycles. The van der Waals surface area contributed by atoms with Gasteiger partial charge in [-0.15, -0.1) is 0 Å². The van der Waals surface area contributed by atoms with Crippen LogP contribution in [0.5, 0.6) is 11.5 Å². The van der Waals surface area contributed by atoms with E-state index in [-0.39, 0.29) is 17.7 Å². The molecular weight excluding hydrogens is 292 g/mol. The van der Waals surface area contributed by atoms with E-state index >= 15 is 0 Å². The van der Waals surface area contributed by atoms with Crippen LogP contribution in [0.2, 0.25) is 0 Å². The third kappa shape index (κ3) is 3.00. The minimum atomic E-state index is -3.55. The average molecular weight is 312 g/mol. The number of aryl methyl sites for hydroxylation is 1. The summed E-state index contributed by atoms with van der Waals surface area (Å²) in [6.45, 7) is 4.79. The number of hydrogen-bond acceptors (Lipinski definition) is 5. The number of piperidine rings is 1. The first-order chi connectivity index (χ1) is 9.95. The highest BCUT2D eigenvalue weighted by Gasteiger charge is 2.27. The van der Waals surface area contributed by atoms with Gasteiger partial charge in [-0.1, -0.05) is 0 Å². The Kier molecular flexibility index (Phi) is 3.81. The van der Waals surface area contributed by atoms with Crippen LogP contribution >= 0.6 is 0 Å². The predicted octanol–water partition coefficient (Wildman–Crippen LogP) is 1.14. The Balaban J connectivity index is 1.85. The van der Waals surface area contributed by atoms with Crippen molar-refractivity contribution < 1.29 is 17.9 Å². The van der Waals surface area contributed by atoms with Crippen LogP contribution in [0.15, 0.2) is 17.0 Å². The van der Waals surface area contributed by atoms with Gasteiger partial charge in [0.2, 0.25) is 16.8 Å². The molecule has 6 nitrogen and oxygen atoms in total. The molecule has 1 aromatic carbocycles. The summed E-state index contributed by atoms with van der Waals surface area (Å²) in [6.07, 6.45) is 1.59. The zero-order valence-electron chi connectivity index (χ0n) is 12.2. The van der Waals surface area contributed by atoms with Gasteiger partial charge in [-0.3, -0.25) is 0 Å². The molecule has 7 heteroatoms. The van der Waals surface area contributed by atoms with Crippen molar-refractivity contribution in [2.45, 2.75) is 43.7 Å². The molecular formula is C14H20N2O4S. The van der Waals surface area contributed by atoms with Crippen LogP contribution in [0.4, 0.5) is 0 Å². The van der Waals surface area contributed by atoms with Crippen LogP contribution in [-0.2, 0) is 10.0 Å². The van der Waals surface area contributed by atoms with E-state index in [1.165, 1.54) is 0 Å². The lowest BCUT2D eigenvalue weighted by atomic mass is 10.0. The first-order valence-electron chi connectivity index (χ1n) is 7.11. The summed E-state index contributed by atoms with van der Waals surface area (Å²) in [4.78, 5) is 0.262. The molecule has 1 saturated heterocycles. The van der Waals surface area contributed by atoms with Gasteiger partial charge in [-0.25, -0.2) is 13.1 Å². The van der Waals surface area contributed by atoms with Crippen molar-refractivity contribution in [3.63, 3.8) is 0 Å². The SMILES string of the molecule is Cc1cc2c(cc1S(=O)(=O)NC1CCNC(C)C1)OCO2. The van der Waals surface area contributed by atoms with Crippen LogP contribution in [-0.4, -0.2) is 33.8 Å². The Hall–Kier alpha value is -1.31. The van der Waals surface area contributed by atoms with E-state index in [1.807, 2.05) is 0 Å². The Morgan fingerprint density at radius 1 is 1.29 bits per heavy atom. The first-order valence-corrected chi connectivity index (χ1v) is 8.60. The smallest absolute Gasteiger partial charge is 0.241 e. The minimum absolute atomic E-state index is 0.0314. The lowest BCUT2D eigenvalue weighted by Gasteiger charge is -2.28. The van der Waals surface area contributed by atoms with Gasteiger partial charge in [-0.2, -0.15) is 0 Å². The Morgan fingerprint density at radius 2 is 2.00 bits per heavy atom. The monoisotopic (exact) mass is 312 g/mol. The molecule has 1 aromatic rings. The lowest BCUT2D eigenvalue weighted by Crippen LogP contribution is -2.46. The number of nitrogens with one attached hydrogen (secondary N) is 2. The molecule has 0 spiro atoms. The molecule has 2 heterocycles. The van der Waals surface area contributed by atoms with Gasteiger partial charge in [0.1, 0.15) is 0 Å². The van der Waals surface area contributed by atoms with Crippen LogP contribution in [0, 0.1) is 6.92 Å². The van der Waals surface area contributed by atoms with Gasteiger partial charge < -0.3 is 14.8 Å². The van der Waals surface area contributed by atoms with Gasteiger partial charge in [0, 0.05) is 18.2 Å². The van der Waals surface area contributed by atoms with Crippen LogP contribution in [0.3, 0.4) is 0 Å². The molecule has 2 N–H and O–H groups in total. The number of hydrogen-bond donors (Lipinski definition) is 2. The number of benzene rings is 1. The molecule has 2 atom stereocenters. The van der Waals surface area contributed by atoms with Gasteiger partial charge in [0.05, 0.1) is 4.90 Å². The van der Waals surface area contributed by atoms with Crippen molar-refractivity contribution in [2.24, 2.45) is 0 Å². The highest BCUT2D eigenvalue weighted by atomic mass is 32.2. The fourth-order valence-corrected chi connectivity index (χ4v) is 4.36. The number of ether oxygens (including phenoxy) is 2. The Morgan fingerprint density at radius 3 is 2.71 bits per heavy atom. The molecule has 21 heavy (non-hydrogen) atoms. The van der Waals surface area contributed by atoms with Gasteiger partial charge in [0.15, 0.2) is 11.5 Å². The molecule has 2 unspecified atom stereocenters. The van der Waals surface area contributed by atoms with E-state index in [0.717, 1.165) is 19.4 Å². The molecule has 0 radical (unpaired) electrons. The van der Waals surface area contributed by atoms with Crippen molar-refractivity contribution >= 4 is 10.0 Å². The van der Waals surface area contributed by atoms with E-state index in [9.17, 15) is 8.42 Å². The van der Waals surface area contributed by atoms with E-state index in [2.05, 4.69) is 17.0 Å². The second-order valence-electron chi connectivity index (χ2n) is 5.67. The van der Waals surface area contributed by atoms with Crippen molar-refractivity contribution in [3.8, 4) is 11.5 Å². The third-order valence-electron chi connectivity index (χ3n) is 3.91. The molecule has 2 aliphatic rings. The summed E-state index contributed by atoms with van der Waals surface area (Å²) in [5, 5.41) is 3.31. The maximum absolute atomic E-state index is 12.6. The van der Waals surface area contributed by atoms with Gasteiger partial charge >= 0.3 is 0 Å². The summed E-state index contributed by atoms with van der Waals surface area (Å²) in [5.41, 5.74) is 0.661. The molecule has 2 aliphatic heterocycles. The Bertz CT molecular complexity index is 645. The molecule has 1 fully saturated rings.